The van der Waals surface area contributed by atoms with Crippen molar-refractivity contribution < 1.29 is 19.5 Å². The number of amides is 1. The monoisotopic (exact) mass is 368 g/mol. The molecule has 2 fully saturated rings. The molecule has 0 aromatic carbocycles. The number of Topliss-reactive ketones (excluding diaryl/α,β-unsaturated/α-hetero) is 1. The molecule has 0 spiro atoms. The smallest absolute Gasteiger partial charge is 0.339 e. The second-order valence-corrected chi connectivity index (χ2v) is 7.36. The van der Waals surface area contributed by atoms with Crippen LogP contribution in [0, 0.1) is 18.8 Å². The van der Waals surface area contributed by atoms with Crippen molar-refractivity contribution >= 4 is 23.5 Å². The fourth-order valence-electron chi connectivity index (χ4n) is 3.77. The van der Waals surface area contributed by atoms with Crippen LogP contribution in [0.25, 0.3) is 0 Å². The van der Waals surface area contributed by atoms with Gasteiger partial charge < -0.3 is 5.11 Å². The van der Waals surface area contributed by atoms with Crippen LogP contribution in [-0.2, 0) is 4.79 Å². The molecular weight excluding hydrogens is 348 g/mol. The number of carbonyl (C=O) groups excluding carboxylic acids is 2. The topological polar surface area (TPSA) is 105 Å². The minimum Gasteiger partial charge on any atom is -0.478 e. The highest BCUT2D eigenvalue weighted by atomic mass is 16.4. The summed E-state index contributed by atoms with van der Waals surface area (Å²) in [6.07, 6.45) is 4.06. The number of aryl methyl sites for hydroxylation is 1. The zero-order valence-corrected chi connectivity index (χ0v) is 15.3. The largest absolute Gasteiger partial charge is 0.478 e. The summed E-state index contributed by atoms with van der Waals surface area (Å²) in [5.41, 5.74) is 1.61. The van der Waals surface area contributed by atoms with E-state index >= 15 is 0 Å². The molecule has 0 radical (unpaired) electrons. The summed E-state index contributed by atoms with van der Waals surface area (Å²) in [6, 6.07) is 1.57. The zero-order chi connectivity index (χ0) is 19.5. The van der Waals surface area contributed by atoms with Gasteiger partial charge in [0.05, 0.1) is 6.04 Å². The highest BCUT2D eigenvalue weighted by Gasteiger charge is 2.52. The van der Waals surface area contributed by atoms with Crippen molar-refractivity contribution in [2.24, 2.45) is 11.8 Å². The van der Waals surface area contributed by atoms with Crippen molar-refractivity contribution in [2.45, 2.75) is 33.2 Å². The van der Waals surface area contributed by atoms with Gasteiger partial charge >= 0.3 is 5.97 Å². The molecule has 3 atom stereocenters. The van der Waals surface area contributed by atoms with Crippen molar-refractivity contribution in [3.05, 3.63) is 40.8 Å². The minimum absolute atomic E-state index is 0.0570. The van der Waals surface area contributed by atoms with E-state index in [1.165, 1.54) is 17.8 Å². The lowest BCUT2D eigenvalue weighted by molar-refractivity contribution is -0.118. The molecule has 1 saturated carbocycles. The molecule has 8 heteroatoms. The van der Waals surface area contributed by atoms with Crippen LogP contribution in [-0.4, -0.2) is 44.1 Å². The number of rotatable bonds is 5. The molecule has 4 rings (SSSR count). The first-order valence-electron chi connectivity index (χ1n) is 8.89. The van der Waals surface area contributed by atoms with Crippen LogP contribution >= 0.6 is 0 Å². The lowest BCUT2D eigenvalue weighted by Gasteiger charge is -2.20. The van der Waals surface area contributed by atoms with Gasteiger partial charge in [0.1, 0.15) is 17.1 Å². The highest BCUT2D eigenvalue weighted by molar-refractivity contribution is 6.03. The number of fused-ring (bicyclic) bond motifs is 1. The fraction of sp³-hybridized carbons (Fsp3) is 0.421. The molecule has 2 aliphatic rings. The summed E-state index contributed by atoms with van der Waals surface area (Å²) in [7, 11) is 0. The predicted molar refractivity (Wildman–Crippen MR) is 95.9 cm³/mol. The van der Waals surface area contributed by atoms with E-state index in [-0.39, 0.29) is 29.1 Å². The molecule has 1 aliphatic heterocycles. The van der Waals surface area contributed by atoms with Gasteiger partial charge in [0.2, 0.25) is 5.91 Å². The Morgan fingerprint density at radius 3 is 2.63 bits per heavy atom. The molecule has 1 unspecified atom stereocenters. The van der Waals surface area contributed by atoms with Crippen LogP contribution in [0.5, 0.6) is 0 Å². The van der Waals surface area contributed by atoms with Crippen molar-refractivity contribution in [2.75, 3.05) is 11.4 Å². The van der Waals surface area contributed by atoms with Crippen molar-refractivity contribution in [3.63, 3.8) is 0 Å². The average Bonchev–Trinajstić information content (AvgIpc) is 3.10. The molecule has 1 aliphatic carbocycles. The van der Waals surface area contributed by atoms with E-state index in [0.717, 1.165) is 24.1 Å². The Bertz CT molecular complexity index is 949. The molecule has 2 aromatic rings. The van der Waals surface area contributed by atoms with Crippen molar-refractivity contribution in [3.8, 4) is 0 Å². The van der Waals surface area contributed by atoms with E-state index in [2.05, 4.69) is 10.1 Å². The Labute approximate surface area is 155 Å². The molecule has 3 heterocycles. The Morgan fingerprint density at radius 1 is 1.37 bits per heavy atom. The van der Waals surface area contributed by atoms with Crippen LogP contribution in [0.1, 0.15) is 58.3 Å². The van der Waals surface area contributed by atoms with Gasteiger partial charge in [-0.1, -0.05) is 0 Å². The van der Waals surface area contributed by atoms with Gasteiger partial charge in [-0.3, -0.25) is 19.2 Å². The number of ketones is 1. The number of piperidine rings is 1. The lowest BCUT2D eigenvalue weighted by atomic mass is 10.1. The third-order valence-electron chi connectivity index (χ3n) is 5.48. The number of nitrogens with zero attached hydrogens (tertiary/aromatic N) is 4. The third-order valence-corrected chi connectivity index (χ3v) is 5.48. The quantitative estimate of drug-likeness (QED) is 0.810. The normalized spacial score (nSPS) is 21.9. The first-order chi connectivity index (χ1) is 12.8. The molecule has 140 valence electrons. The maximum Gasteiger partial charge on any atom is 0.339 e. The summed E-state index contributed by atoms with van der Waals surface area (Å²) >= 11 is 0. The summed E-state index contributed by atoms with van der Waals surface area (Å²) in [5.74, 6) is -0.130. The molecule has 1 N–H and O–H groups in total. The molecular formula is C19H20N4O4. The second kappa shape index (κ2) is 6.00. The standard InChI is InChI=1S/C19H20N4O4/c1-9-4-16(22-7-12-5-13(12)18(22)25)20-6-14(9)10(2)23-8-15(19(26)27)17(21-23)11(3)24/h4,6,8,10,12-13H,5,7H2,1-3H3,(H,26,27)/t10?,12-,13-/m1/s1. The summed E-state index contributed by atoms with van der Waals surface area (Å²) in [6.45, 7) is 5.81. The highest BCUT2D eigenvalue weighted by Crippen LogP contribution is 2.47. The van der Waals surface area contributed by atoms with Crippen LogP contribution < -0.4 is 4.90 Å². The van der Waals surface area contributed by atoms with E-state index in [1.54, 1.807) is 11.1 Å². The number of carboxylic acid groups (broad SMARTS) is 1. The number of pyridine rings is 1. The van der Waals surface area contributed by atoms with E-state index in [0.29, 0.717) is 11.7 Å². The first kappa shape index (κ1) is 17.4. The maximum absolute atomic E-state index is 12.3. The molecule has 1 amide bonds. The van der Waals surface area contributed by atoms with E-state index in [9.17, 15) is 19.5 Å². The minimum atomic E-state index is -1.19. The zero-order valence-electron chi connectivity index (χ0n) is 15.3. The second-order valence-electron chi connectivity index (χ2n) is 7.36. The number of anilines is 1. The molecule has 1 saturated heterocycles. The van der Waals surface area contributed by atoms with Crippen LogP contribution in [0.15, 0.2) is 18.5 Å². The van der Waals surface area contributed by atoms with Crippen LogP contribution in [0.3, 0.4) is 0 Å². The Morgan fingerprint density at radius 2 is 2.11 bits per heavy atom. The molecule has 2 aromatic heterocycles. The maximum atomic E-state index is 12.3. The number of carboxylic acids is 1. The van der Waals surface area contributed by atoms with Crippen LogP contribution in [0.2, 0.25) is 0 Å². The van der Waals surface area contributed by atoms with E-state index < -0.39 is 11.8 Å². The first-order valence-corrected chi connectivity index (χ1v) is 8.89. The van der Waals surface area contributed by atoms with Crippen LogP contribution in [0.4, 0.5) is 5.82 Å². The Kier molecular flexibility index (Phi) is 3.87. The fourth-order valence-corrected chi connectivity index (χ4v) is 3.77. The van der Waals surface area contributed by atoms with Crippen molar-refractivity contribution in [1.29, 1.82) is 0 Å². The predicted octanol–water partition coefficient (Wildman–Crippen LogP) is 2.08. The summed E-state index contributed by atoms with van der Waals surface area (Å²) < 4.78 is 1.47. The van der Waals surface area contributed by atoms with Gasteiger partial charge in [-0.25, -0.2) is 9.78 Å². The summed E-state index contributed by atoms with van der Waals surface area (Å²) in [4.78, 5) is 41.5. The third kappa shape index (κ3) is 2.81. The molecule has 0 bridgehead atoms. The number of aromatic carboxylic acids is 1. The molecule has 27 heavy (non-hydrogen) atoms. The Hall–Kier alpha value is -3.03. The SMILES string of the molecule is CC(=O)c1nn(C(C)c2cnc(N3C[C@H]4C[C@H]4C3=O)cc2C)cc1C(=O)O. The van der Waals surface area contributed by atoms with Gasteiger partial charge in [0, 0.05) is 31.8 Å². The number of carbonyl (C=O) groups is 3. The van der Waals surface area contributed by atoms with Gasteiger partial charge in [-0.15, -0.1) is 0 Å². The lowest BCUT2D eigenvalue weighted by Crippen LogP contribution is -2.29. The van der Waals surface area contributed by atoms with Gasteiger partial charge in [-0.2, -0.15) is 5.10 Å². The van der Waals surface area contributed by atoms with Gasteiger partial charge in [-0.05, 0) is 43.4 Å². The number of hydrogen-bond acceptors (Lipinski definition) is 5. The van der Waals surface area contributed by atoms with Crippen molar-refractivity contribution in [1.82, 2.24) is 14.8 Å². The Balaban J connectivity index is 1.63. The van der Waals surface area contributed by atoms with E-state index in [1.807, 2.05) is 19.9 Å². The number of aromatic nitrogens is 3. The molecule has 8 nitrogen and oxygen atoms in total. The summed E-state index contributed by atoms with van der Waals surface area (Å²) in [5, 5.41) is 13.5. The number of hydrogen-bond donors (Lipinski definition) is 1. The average molecular weight is 368 g/mol. The van der Waals surface area contributed by atoms with Gasteiger partial charge in [0.25, 0.3) is 0 Å². The van der Waals surface area contributed by atoms with E-state index in [4.69, 9.17) is 0 Å². The van der Waals surface area contributed by atoms with Gasteiger partial charge in [0.15, 0.2) is 5.78 Å².